The summed E-state index contributed by atoms with van der Waals surface area (Å²) >= 11 is 6.03. The highest BCUT2D eigenvalue weighted by Gasteiger charge is 2.28. The maximum atomic E-state index is 12.5. The molecule has 1 aliphatic heterocycles. The van der Waals surface area contributed by atoms with Crippen molar-refractivity contribution in [3.8, 4) is 5.75 Å². The second-order valence-electron chi connectivity index (χ2n) is 5.92. The van der Waals surface area contributed by atoms with Gasteiger partial charge in [0.05, 0.1) is 12.2 Å². The van der Waals surface area contributed by atoms with E-state index in [2.05, 4.69) is 5.32 Å². The van der Waals surface area contributed by atoms with Crippen LogP contribution in [0.1, 0.15) is 40.0 Å². The van der Waals surface area contributed by atoms with Crippen molar-refractivity contribution in [2.45, 2.75) is 52.2 Å². The van der Waals surface area contributed by atoms with Crippen LogP contribution in [0.15, 0.2) is 18.2 Å². The molecule has 5 nitrogen and oxygen atoms in total. The summed E-state index contributed by atoms with van der Waals surface area (Å²) in [5.74, 6) is 0.453. The molecular formula is C17H23ClN2O3. The summed E-state index contributed by atoms with van der Waals surface area (Å²) in [6.07, 6.45) is 1.12. The molecule has 0 bridgehead atoms. The van der Waals surface area contributed by atoms with Crippen molar-refractivity contribution < 1.29 is 14.3 Å². The van der Waals surface area contributed by atoms with Crippen LogP contribution in [0.3, 0.4) is 0 Å². The molecule has 0 spiro atoms. The molecule has 6 heteroatoms. The van der Waals surface area contributed by atoms with E-state index in [-0.39, 0.29) is 36.8 Å². The van der Waals surface area contributed by atoms with Crippen molar-refractivity contribution in [3.63, 3.8) is 0 Å². The van der Waals surface area contributed by atoms with Crippen molar-refractivity contribution in [2.75, 3.05) is 11.4 Å². The van der Waals surface area contributed by atoms with Gasteiger partial charge in [0, 0.05) is 23.9 Å². The summed E-state index contributed by atoms with van der Waals surface area (Å²) < 4.78 is 5.73. The van der Waals surface area contributed by atoms with Gasteiger partial charge in [-0.25, -0.2) is 0 Å². The first-order valence-corrected chi connectivity index (χ1v) is 8.34. The van der Waals surface area contributed by atoms with Gasteiger partial charge in [-0.2, -0.15) is 0 Å². The smallest absolute Gasteiger partial charge is 0.227 e. The van der Waals surface area contributed by atoms with Gasteiger partial charge >= 0.3 is 0 Å². The van der Waals surface area contributed by atoms with Crippen LogP contribution in [-0.2, 0) is 9.59 Å². The second-order valence-corrected chi connectivity index (χ2v) is 6.36. The number of nitrogens with one attached hydrogen (secondary N) is 1. The van der Waals surface area contributed by atoms with Crippen LogP contribution in [0.25, 0.3) is 0 Å². The van der Waals surface area contributed by atoms with E-state index in [4.69, 9.17) is 16.3 Å². The molecule has 1 aliphatic rings. The average molecular weight is 339 g/mol. The van der Waals surface area contributed by atoms with Gasteiger partial charge in [-0.15, -0.1) is 0 Å². The van der Waals surface area contributed by atoms with E-state index in [1.807, 2.05) is 20.8 Å². The van der Waals surface area contributed by atoms with Crippen molar-refractivity contribution >= 4 is 29.1 Å². The van der Waals surface area contributed by atoms with Crippen LogP contribution in [0.5, 0.6) is 5.75 Å². The summed E-state index contributed by atoms with van der Waals surface area (Å²) in [6, 6.07) is 5.35. The Morgan fingerprint density at radius 3 is 2.87 bits per heavy atom. The largest absolute Gasteiger partial charge is 0.487 e. The highest BCUT2D eigenvalue weighted by molar-refractivity contribution is 6.31. The van der Waals surface area contributed by atoms with Gasteiger partial charge in [-0.1, -0.05) is 18.5 Å². The average Bonchev–Trinajstić information content (AvgIpc) is 2.52. The fourth-order valence-corrected chi connectivity index (χ4v) is 2.62. The monoisotopic (exact) mass is 338 g/mol. The molecule has 0 aliphatic carbocycles. The topological polar surface area (TPSA) is 58.6 Å². The van der Waals surface area contributed by atoms with E-state index in [0.717, 1.165) is 6.42 Å². The van der Waals surface area contributed by atoms with Crippen LogP contribution in [0.4, 0.5) is 5.69 Å². The van der Waals surface area contributed by atoms with E-state index in [1.54, 1.807) is 23.1 Å². The summed E-state index contributed by atoms with van der Waals surface area (Å²) in [7, 11) is 0. The third kappa shape index (κ3) is 4.61. The Hall–Kier alpha value is -1.75. The number of anilines is 1. The number of amides is 2. The second kappa shape index (κ2) is 7.68. The lowest BCUT2D eigenvalue weighted by Gasteiger charge is -2.33. The number of rotatable bonds is 5. The maximum absolute atomic E-state index is 12.5. The molecule has 1 aromatic rings. The van der Waals surface area contributed by atoms with Gasteiger partial charge in [0.2, 0.25) is 11.8 Å². The van der Waals surface area contributed by atoms with E-state index < -0.39 is 0 Å². The lowest BCUT2D eigenvalue weighted by Crippen LogP contribution is -2.42. The quantitative estimate of drug-likeness (QED) is 0.897. The minimum absolute atomic E-state index is 0.0945. The van der Waals surface area contributed by atoms with Crippen LogP contribution in [0, 0.1) is 0 Å². The first kappa shape index (κ1) is 17.6. The van der Waals surface area contributed by atoms with Crippen molar-refractivity contribution in [1.82, 2.24) is 5.32 Å². The molecule has 0 saturated heterocycles. The lowest BCUT2D eigenvalue weighted by molar-refractivity contribution is -0.125. The van der Waals surface area contributed by atoms with Crippen molar-refractivity contribution in [3.05, 3.63) is 23.2 Å². The Morgan fingerprint density at radius 1 is 1.43 bits per heavy atom. The number of nitrogens with zero attached hydrogens (tertiary/aromatic N) is 1. The van der Waals surface area contributed by atoms with Crippen LogP contribution in [-0.4, -0.2) is 30.5 Å². The highest BCUT2D eigenvalue weighted by Crippen LogP contribution is 2.36. The summed E-state index contributed by atoms with van der Waals surface area (Å²) in [4.78, 5) is 26.0. The van der Waals surface area contributed by atoms with Gasteiger partial charge in [-0.05, 0) is 38.5 Å². The van der Waals surface area contributed by atoms with Crippen LogP contribution >= 0.6 is 11.6 Å². The molecule has 2 amide bonds. The number of ether oxygens (including phenoxy) is 1. The maximum Gasteiger partial charge on any atom is 0.227 e. The number of carbonyl (C=O) groups excluding carboxylic acids is 2. The molecule has 0 aromatic heterocycles. The number of halogens is 1. The van der Waals surface area contributed by atoms with Gasteiger partial charge in [0.15, 0.2) is 0 Å². The lowest BCUT2D eigenvalue weighted by atomic mass is 10.1. The summed E-state index contributed by atoms with van der Waals surface area (Å²) in [6.45, 7) is 6.32. The molecule has 2 atom stereocenters. The molecule has 2 rings (SSSR count). The van der Waals surface area contributed by atoms with E-state index in [0.29, 0.717) is 23.0 Å². The third-order valence-corrected chi connectivity index (χ3v) is 4.10. The van der Waals surface area contributed by atoms with E-state index >= 15 is 0 Å². The minimum Gasteiger partial charge on any atom is -0.487 e. The Labute approximate surface area is 141 Å². The molecule has 1 N–H and O–H groups in total. The predicted octanol–water partition coefficient (Wildman–Crippen LogP) is 3.15. The predicted molar refractivity (Wildman–Crippen MR) is 91.0 cm³/mol. The van der Waals surface area contributed by atoms with Crippen LogP contribution in [0.2, 0.25) is 5.02 Å². The molecule has 126 valence electrons. The number of carbonyl (C=O) groups is 2. The fraction of sp³-hybridized carbons (Fsp3) is 0.529. The third-order valence-electron chi connectivity index (χ3n) is 3.87. The van der Waals surface area contributed by atoms with Crippen molar-refractivity contribution in [1.29, 1.82) is 0 Å². The summed E-state index contributed by atoms with van der Waals surface area (Å²) in [5, 5.41) is 3.42. The van der Waals surface area contributed by atoms with Gasteiger partial charge in [0.25, 0.3) is 0 Å². The fourth-order valence-electron chi connectivity index (χ4n) is 2.45. The molecule has 0 unspecified atom stereocenters. The zero-order valence-corrected chi connectivity index (χ0v) is 14.5. The first-order valence-electron chi connectivity index (χ1n) is 7.96. The molecule has 0 saturated carbocycles. The van der Waals surface area contributed by atoms with Gasteiger partial charge in [0.1, 0.15) is 11.9 Å². The molecule has 23 heavy (non-hydrogen) atoms. The Balaban J connectivity index is 2.02. The number of benzene rings is 1. The first-order chi connectivity index (χ1) is 10.9. The highest BCUT2D eigenvalue weighted by atomic mass is 35.5. The zero-order valence-electron chi connectivity index (χ0n) is 13.8. The molecule has 0 radical (unpaired) electrons. The Kier molecular flexibility index (Phi) is 5.88. The standard InChI is InChI=1S/C17H23ClN2O3/c1-4-11(2)19-16(21)7-8-17(22)20-10-12(3)23-15-6-5-13(18)9-14(15)20/h5-6,9,11-12H,4,7-8,10H2,1-3H3,(H,19,21)/t11-,12+/m1/s1. The normalized spacial score (nSPS) is 17.9. The SMILES string of the molecule is CC[C@@H](C)NC(=O)CCC(=O)N1C[C@H](C)Oc2ccc(Cl)cc21. The molecular weight excluding hydrogens is 316 g/mol. The zero-order chi connectivity index (χ0) is 17.0. The van der Waals surface area contributed by atoms with Crippen molar-refractivity contribution in [2.24, 2.45) is 0 Å². The molecule has 1 aromatic carbocycles. The number of fused-ring (bicyclic) bond motifs is 1. The van der Waals surface area contributed by atoms with Gasteiger partial charge in [-0.3, -0.25) is 9.59 Å². The number of hydrogen-bond acceptors (Lipinski definition) is 3. The molecule has 0 fully saturated rings. The Bertz CT molecular complexity index is 591. The van der Waals surface area contributed by atoms with Crippen LogP contribution < -0.4 is 15.0 Å². The molecule has 1 heterocycles. The van der Waals surface area contributed by atoms with E-state index in [1.165, 1.54) is 0 Å². The number of hydrogen-bond donors (Lipinski definition) is 1. The Morgan fingerprint density at radius 2 is 2.17 bits per heavy atom. The minimum atomic E-state index is -0.0969. The van der Waals surface area contributed by atoms with E-state index in [9.17, 15) is 9.59 Å². The van der Waals surface area contributed by atoms with Gasteiger partial charge < -0.3 is 15.0 Å². The summed E-state index contributed by atoms with van der Waals surface area (Å²) in [5.41, 5.74) is 0.669.